The molecule has 0 spiro atoms. The lowest BCUT2D eigenvalue weighted by molar-refractivity contribution is 0.641. The topological polar surface area (TPSA) is 26.0 Å². The summed E-state index contributed by atoms with van der Waals surface area (Å²) in [6.07, 6.45) is 1.15. The summed E-state index contributed by atoms with van der Waals surface area (Å²) >= 11 is 2.26. The molecule has 0 aromatic heterocycles. The number of nitrogens with two attached hydrogens (primary N) is 1. The van der Waals surface area contributed by atoms with E-state index in [2.05, 4.69) is 43.1 Å². The van der Waals surface area contributed by atoms with Crippen molar-refractivity contribution in [1.82, 2.24) is 0 Å². The van der Waals surface area contributed by atoms with Crippen LogP contribution in [-0.4, -0.2) is 4.70 Å². The Morgan fingerprint density at radius 1 is 1.62 bits per heavy atom. The summed E-state index contributed by atoms with van der Waals surface area (Å²) in [5.41, 5.74) is 5.67. The maximum atomic E-state index is 5.67. The molecule has 0 atom stereocenters. The van der Waals surface area contributed by atoms with E-state index in [-0.39, 0.29) is 4.70 Å². The molecule has 1 nitrogen and oxygen atoms in total. The minimum Gasteiger partial charge on any atom is -0.360 e. The van der Waals surface area contributed by atoms with Crippen molar-refractivity contribution in [1.29, 1.82) is 0 Å². The number of halogens is 1. The van der Waals surface area contributed by atoms with E-state index in [1.165, 1.54) is 0 Å². The van der Waals surface area contributed by atoms with Gasteiger partial charge in [0.2, 0.25) is 0 Å². The lowest BCUT2D eigenvalue weighted by atomic mass is 9.62. The van der Waals surface area contributed by atoms with Crippen LogP contribution in [0.4, 0.5) is 0 Å². The zero-order chi connectivity index (χ0) is 6.78. The number of rotatable bonds is 2. The van der Waals surface area contributed by atoms with Crippen LogP contribution < -0.4 is 5.64 Å². The molecule has 0 aliphatic heterocycles. The molecule has 0 saturated carbocycles. The molecule has 0 aromatic rings. The molecule has 0 radical (unpaired) electrons. The molecule has 0 aliphatic rings. The van der Waals surface area contributed by atoms with Gasteiger partial charge in [0.15, 0.2) is 0 Å². The van der Waals surface area contributed by atoms with Gasteiger partial charge in [-0.05, 0) is 5.31 Å². The molecule has 0 aliphatic carbocycles. The van der Waals surface area contributed by atoms with E-state index in [0.29, 0.717) is 5.31 Å². The summed E-state index contributed by atoms with van der Waals surface area (Å²) in [4.78, 5) is 0. The molecule has 0 bridgehead atoms. The molecular formula is C5H13BIN. The maximum Gasteiger partial charge on any atom is 0.298 e. The average molecular weight is 225 g/mol. The Hall–Kier alpha value is 0.755. The first-order valence-electron chi connectivity index (χ1n) is 2.90. The van der Waals surface area contributed by atoms with Gasteiger partial charge < -0.3 is 5.64 Å². The fraction of sp³-hybridized carbons (Fsp3) is 1.00. The Bertz CT molecular complexity index is 72.8. The van der Waals surface area contributed by atoms with E-state index in [1.54, 1.807) is 0 Å². The van der Waals surface area contributed by atoms with E-state index in [1.807, 2.05) is 0 Å². The normalized spacial score (nSPS) is 11.6. The standard InChI is InChI=1S/C5H13BIN/c1-4-5(2,3)6(7)8/h4,8H2,1-3H3. The van der Waals surface area contributed by atoms with Crippen molar-refractivity contribution in [3.63, 3.8) is 0 Å². The van der Waals surface area contributed by atoms with Gasteiger partial charge in [-0.2, -0.15) is 0 Å². The Labute approximate surface area is 65.4 Å². The molecule has 0 heterocycles. The van der Waals surface area contributed by atoms with Gasteiger partial charge in [0, 0.05) is 0 Å². The molecule has 0 saturated heterocycles. The van der Waals surface area contributed by atoms with Crippen LogP contribution in [0.5, 0.6) is 0 Å². The minimum absolute atomic E-state index is 0.282. The third-order valence-corrected chi connectivity index (χ3v) is 3.34. The smallest absolute Gasteiger partial charge is 0.298 e. The molecule has 0 aromatic carbocycles. The van der Waals surface area contributed by atoms with Crippen LogP contribution in [0.3, 0.4) is 0 Å². The Morgan fingerprint density at radius 3 is 2.00 bits per heavy atom. The summed E-state index contributed by atoms with van der Waals surface area (Å²) in [6.45, 7) is 6.53. The molecule has 3 heteroatoms. The van der Waals surface area contributed by atoms with E-state index in [9.17, 15) is 0 Å². The largest absolute Gasteiger partial charge is 0.360 e. The van der Waals surface area contributed by atoms with Crippen molar-refractivity contribution in [3.8, 4) is 0 Å². The van der Waals surface area contributed by atoms with Gasteiger partial charge in [0.05, 0.1) is 0 Å². The lowest BCUT2D eigenvalue weighted by Gasteiger charge is -2.22. The first-order chi connectivity index (χ1) is 3.50. The molecule has 0 fully saturated rings. The van der Waals surface area contributed by atoms with Crippen molar-refractivity contribution < 1.29 is 0 Å². The Kier molecular flexibility index (Phi) is 3.35. The fourth-order valence-electron chi connectivity index (χ4n) is 0.195. The van der Waals surface area contributed by atoms with Gasteiger partial charge in [-0.1, -0.05) is 27.2 Å². The predicted octanol–water partition coefficient (Wildman–Crippen LogP) is 2.06. The van der Waals surface area contributed by atoms with E-state index in [4.69, 9.17) is 5.64 Å². The maximum absolute atomic E-state index is 5.67. The highest BCUT2D eigenvalue weighted by molar-refractivity contribution is 14.1. The van der Waals surface area contributed by atoms with Crippen LogP contribution in [0, 0.1) is 0 Å². The summed E-state index contributed by atoms with van der Waals surface area (Å²) in [5.74, 6) is 0. The van der Waals surface area contributed by atoms with Crippen LogP contribution in [0.2, 0.25) is 5.31 Å². The predicted molar refractivity (Wildman–Crippen MR) is 48.3 cm³/mol. The summed E-state index contributed by atoms with van der Waals surface area (Å²) in [6, 6.07) is 0. The number of hydrogen-bond donors (Lipinski definition) is 1. The first-order valence-corrected chi connectivity index (χ1v) is 4.15. The molecule has 0 rings (SSSR count). The molecule has 2 N–H and O–H groups in total. The molecular weight excluding hydrogens is 212 g/mol. The second-order valence-corrected chi connectivity index (χ2v) is 4.09. The Morgan fingerprint density at radius 2 is 2.00 bits per heavy atom. The quantitative estimate of drug-likeness (QED) is 0.564. The minimum atomic E-state index is 0.282. The molecule has 8 heavy (non-hydrogen) atoms. The highest BCUT2D eigenvalue weighted by atomic mass is 127. The van der Waals surface area contributed by atoms with Crippen LogP contribution in [-0.2, 0) is 0 Å². The van der Waals surface area contributed by atoms with E-state index < -0.39 is 0 Å². The van der Waals surface area contributed by atoms with Crippen LogP contribution >= 0.6 is 22.4 Å². The van der Waals surface area contributed by atoms with Crippen molar-refractivity contribution in [2.24, 2.45) is 5.64 Å². The summed E-state index contributed by atoms with van der Waals surface area (Å²) in [7, 11) is 0. The van der Waals surface area contributed by atoms with Crippen molar-refractivity contribution >= 4 is 27.1 Å². The highest BCUT2D eigenvalue weighted by Gasteiger charge is 2.25. The van der Waals surface area contributed by atoms with Gasteiger partial charge >= 0.3 is 0 Å². The van der Waals surface area contributed by atoms with Crippen LogP contribution in [0.25, 0.3) is 0 Å². The third kappa shape index (κ3) is 2.35. The van der Waals surface area contributed by atoms with E-state index >= 15 is 0 Å². The van der Waals surface area contributed by atoms with Crippen molar-refractivity contribution in [2.45, 2.75) is 32.5 Å². The molecule has 0 unspecified atom stereocenters. The van der Waals surface area contributed by atoms with Crippen molar-refractivity contribution in [3.05, 3.63) is 0 Å². The zero-order valence-electron chi connectivity index (χ0n) is 5.74. The SMILES string of the molecule is CCC(C)(C)B(N)I. The van der Waals surface area contributed by atoms with Gasteiger partial charge in [-0.15, -0.1) is 22.4 Å². The number of hydrogen-bond acceptors (Lipinski definition) is 1. The van der Waals surface area contributed by atoms with Crippen LogP contribution in [0.1, 0.15) is 27.2 Å². The van der Waals surface area contributed by atoms with Gasteiger partial charge in [0.25, 0.3) is 4.70 Å². The first kappa shape index (κ1) is 8.75. The molecule has 0 amide bonds. The third-order valence-electron chi connectivity index (χ3n) is 1.66. The van der Waals surface area contributed by atoms with Crippen LogP contribution in [0.15, 0.2) is 0 Å². The highest BCUT2D eigenvalue weighted by Crippen LogP contribution is 2.32. The van der Waals surface area contributed by atoms with Gasteiger partial charge in [-0.3, -0.25) is 0 Å². The zero-order valence-corrected chi connectivity index (χ0v) is 7.90. The van der Waals surface area contributed by atoms with Gasteiger partial charge in [-0.25, -0.2) is 0 Å². The van der Waals surface area contributed by atoms with Gasteiger partial charge in [0.1, 0.15) is 0 Å². The second kappa shape index (κ2) is 3.06. The fourth-order valence-corrected chi connectivity index (χ4v) is 0.635. The molecule has 48 valence electrons. The summed E-state index contributed by atoms with van der Waals surface area (Å²) < 4.78 is 0.282. The monoisotopic (exact) mass is 225 g/mol. The summed E-state index contributed by atoms with van der Waals surface area (Å²) in [5, 5.41) is 0.306. The lowest BCUT2D eigenvalue weighted by Crippen LogP contribution is -2.30. The average Bonchev–Trinajstić information content (AvgIpc) is 1.67. The second-order valence-electron chi connectivity index (χ2n) is 2.74. The van der Waals surface area contributed by atoms with Crippen molar-refractivity contribution in [2.75, 3.05) is 0 Å². The Balaban J connectivity index is 3.71. The van der Waals surface area contributed by atoms with E-state index in [0.717, 1.165) is 6.42 Å².